The van der Waals surface area contributed by atoms with Gasteiger partial charge in [0.25, 0.3) is 0 Å². The van der Waals surface area contributed by atoms with Crippen LogP contribution >= 0.6 is 22.6 Å². The lowest BCUT2D eigenvalue weighted by molar-refractivity contribution is 0.0983. The maximum Gasteiger partial charge on any atom is 0.249 e. The van der Waals surface area contributed by atoms with Gasteiger partial charge in [-0.1, -0.05) is 40.8 Å². The van der Waals surface area contributed by atoms with E-state index < -0.39 is 5.91 Å². The number of ketones is 1. The molecule has 4 heteroatoms. The quantitative estimate of drug-likeness (QED) is 0.527. The van der Waals surface area contributed by atoms with Crippen molar-refractivity contribution < 1.29 is 9.59 Å². The SMILES string of the molecule is NC(=O)c1ccccc1C(=O)C=CI. The molecule has 3 nitrogen and oxygen atoms in total. The molecule has 0 unspecified atom stereocenters. The number of hydrogen-bond acceptors (Lipinski definition) is 2. The zero-order valence-corrected chi connectivity index (χ0v) is 9.39. The van der Waals surface area contributed by atoms with Crippen LogP contribution < -0.4 is 5.73 Å². The van der Waals surface area contributed by atoms with Gasteiger partial charge in [0.05, 0.1) is 5.56 Å². The Balaban J connectivity index is 3.20. The van der Waals surface area contributed by atoms with Gasteiger partial charge in [-0.05, 0) is 16.2 Å². The van der Waals surface area contributed by atoms with E-state index in [0.717, 1.165) is 0 Å². The van der Waals surface area contributed by atoms with E-state index in [1.165, 1.54) is 12.1 Å². The van der Waals surface area contributed by atoms with Crippen LogP contribution in [0.1, 0.15) is 20.7 Å². The average molecular weight is 301 g/mol. The fourth-order valence-corrected chi connectivity index (χ4v) is 1.39. The Hall–Kier alpha value is -1.17. The molecule has 72 valence electrons. The molecule has 0 bridgehead atoms. The van der Waals surface area contributed by atoms with Gasteiger partial charge >= 0.3 is 0 Å². The maximum atomic E-state index is 11.5. The van der Waals surface area contributed by atoms with Crippen molar-refractivity contribution in [3.05, 3.63) is 45.6 Å². The predicted molar refractivity (Wildman–Crippen MR) is 62.5 cm³/mol. The van der Waals surface area contributed by atoms with E-state index >= 15 is 0 Å². The standard InChI is InChI=1S/C10H8INO2/c11-6-5-9(13)7-3-1-2-4-8(7)10(12)14/h1-6H,(H2,12,14). The van der Waals surface area contributed by atoms with Gasteiger partial charge in [-0.3, -0.25) is 9.59 Å². The third-order valence-corrected chi connectivity index (χ3v) is 2.03. The second kappa shape index (κ2) is 4.90. The molecule has 0 aliphatic carbocycles. The van der Waals surface area contributed by atoms with Crippen LogP contribution in [0.4, 0.5) is 0 Å². The Kier molecular flexibility index (Phi) is 3.82. The lowest BCUT2D eigenvalue weighted by Crippen LogP contribution is -2.15. The number of carbonyl (C=O) groups is 2. The fourth-order valence-electron chi connectivity index (χ4n) is 1.06. The van der Waals surface area contributed by atoms with Crippen LogP contribution in [0, 0.1) is 0 Å². The Morgan fingerprint density at radius 2 is 1.79 bits per heavy atom. The Labute approximate surface area is 95.1 Å². The molecule has 1 amide bonds. The lowest BCUT2D eigenvalue weighted by atomic mass is 10.0. The maximum absolute atomic E-state index is 11.5. The topological polar surface area (TPSA) is 60.2 Å². The monoisotopic (exact) mass is 301 g/mol. The summed E-state index contributed by atoms with van der Waals surface area (Å²) in [7, 11) is 0. The molecule has 0 radical (unpaired) electrons. The summed E-state index contributed by atoms with van der Waals surface area (Å²) in [5.74, 6) is -0.801. The highest BCUT2D eigenvalue weighted by molar-refractivity contribution is 14.1. The summed E-state index contributed by atoms with van der Waals surface area (Å²) in [6, 6.07) is 6.49. The Morgan fingerprint density at radius 1 is 1.21 bits per heavy atom. The molecule has 2 N–H and O–H groups in total. The molecule has 0 heterocycles. The van der Waals surface area contributed by atoms with Crippen LogP contribution in [-0.2, 0) is 0 Å². The molecule has 0 fully saturated rings. The fraction of sp³-hybridized carbons (Fsp3) is 0. The van der Waals surface area contributed by atoms with Gasteiger partial charge in [0.1, 0.15) is 0 Å². The summed E-state index contributed by atoms with van der Waals surface area (Å²) < 4.78 is 1.60. The largest absolute Gasteiger partial charge is 0.366 e. The zero-order chi connectivity index (χ0) is 10.6. The van der Waals surface area contributed by atoms with Crippen LogP contribution in [0.2, 0.25) is 0 Å². The molecular formula is C10H8INO2. The minimum atomic E-state index is -0.587. The number of primary amides is 1. The van der Waals surface area contributed by atoms with Gasteiger partial charge < -0.3 is 5.73 Å². The van der Waals surface area contributed by atoms with Crippen molar-refractivity contribution >= 4 is 34.3 Å². The number of nitrogens with two attached hydrogens (primary N) is 1. The molecule has 0 aliphatic heterocycles. The first-order valence-electron chi connectivity index (χ1n) is 3.86. The number of hydrogen-bond donors (Lipinski definition) is 1. The molecule has 0 atom stereocenters. The molecule has 1 rings (SSSR count). The normalized spacial score (nSPS) is 10.4. The Morgan fingerprint density at radius 3 is 2.29 bits per heavy atom. The van der Waals surface area contributed by atoms with Crippen LogP contribution in [0.3, 0.4) is 0 Å². The molecule has 14 heavy (non-hydrogen) atoms. The first-order chi connectivity index (χ1) is 6.66. The minimum absolute atomic E-state index is 0.214. The van der Waals surface area contributed by atoms with Crippen LogP contribution in [0.15, 0.2) is 34.4 Å². The number of amides is 1. The zero-order valence-electron chi connectivity index (χ0n) is 7.24. The van der Waals surface area contributed by atoms with E-state index in [1.807, 2.05) is 22.6 Å². The van der Waals surface area contributed by atoms with Crippen molar-refractivity contribution in [3.63, 3.8) is 0 Å². The first-order valence-corrected chi connectivity index (χ1v) is 5.11. The summed E-state index contributed by atoms with van der Waals surface area (Å²) in [5, 5.41) is 0. The summed E-state index contributed by atoms with van der Waals surface area (Å²) >= 11 is 1.94. The molecule has 1 aromatic rings. The van der Waals surface area contributed by atoms with Crippen molar-refractivity contribution in [2.75, 3.05) is 0 Å². The summed E-state index contributed by atoms with van der Waals surface area (Å²) in [6.07, 6.45) is 1.39. The van der Waals surface area contributed by atoms with Gasteiger partial charge in [0.15, 0.2) is 5.78 Å². The number of rotatable bonds is 3. The second-order valence-electron chi connectivity index (χ2n) is 2.57. The van der Waals surface area contributed by atoms with Crippen LogP contribution in [0.5, 0.6) is 0 Å². The molecule has 1 aromatic carbocycles. The van der Waals surface area contributed by atoms with Crippen LogP contribution in [0.25, 0.3) is 0 Å². The van der Waals surface area contributed by atoms with Gasteiger partial charge in [-0.25, -0.2) is 0 Å². The second-order valence-corrected chi connectivity index (χ2v) is 3.29. The number of allylic oxidation sites excluding steroid dienone is 1. The van der Waals surface area contributed by atoms with Crippen molar-refractivity contribution in [1.82, 2.24) is 0 Å². The lowest BCUT2D eigenvalue weighted by Gasteiger charge is -2.01. The third-order valence-electron chi connectivity index (χ3n) is 1.67. The van der Waals surface area contributed by atoms with Gasteiger partial charge in [-0.2, -0.15) is 0 Å². The molecule has 0 saturated heterocycles. The highest BCUT2D eigenvalue weighted by Crippen LogP contribution is 2.09. The Bertz CT molecular complexity index is 399. The predicted octanol–water partition coefficient (Wildman–Crippen LogP) is 1.92. The van der Waals surface area contributed by atoms with Crippen molar-refractivity contribution in [1.29, 1.82) is 0 Å². The van der Waals surface area contributed by atoms with E-state index in [2.05, 4.69) is 0 Å². The van der Waals surface area contributed by atoms with E-state index in [9.17, 15) is 9.59 Å². The molecular weight excluding hydrogens is 293 g/mol. The first kappa shape index (κ1) is 10.9. The molecule has 0 aromatic heterocycles. The molecule has 0 saturated carbocycles. The van der Waals surface area contributed by atoms with E-state index in [4.69, 9.17) is 5.73 Å². The van der Waals surface area contributed by atoms with Crippen LogP contribution in [-0.4, -0.2) is 11.7 Å². The van der Waals surface area contributed by atoms with Gasteiger partial charge in [-0.15, -0.1) is 0 Å². The van der Waals surface area contributed by atoms with E-state index in [-0.39, 0.29) is 11.3 Å². The van der Waals surface area contributed by atoms with Crippen molar-refractivity contribution in [3.8, 4) is 0 Å². The van der Waals surface area contributed by atoms with Gasteiger partial charge in [0.2, 0.25) is 5.91 Å². The molecule has 0 spiro atoms. The minimum Gasteiger partial charge on any atom is -0.366 e. The third kappa shape index (κ3) is 2.41. The van der Waals surface area contributed by atoms with Gasteiger partial charge in [0, 0.05) is 5.56 Å². The number of halogens is 1. The highest BCUT2D eigenvalue weighted by atomic mass is 127. The number of benzene rings is 1. The average Bonchev–Trinajstić information content (AvgIpc) is 2.18. The highest BCUT2D eigenvalue weighted by Gasteiger charge is 2.11. The smallest absolute Gasteiger partial charge is 0.249 e. The number of carbonyl (C=O) groups excluding carboxylic acids is 2. The summed E-state index contributed by atoms with van der Waals surface area (Å²) in [4.78, 5) is 22.4. The van der Waals surface area contributed by atoms with Crippen molar-refractivity contribution in [2.24, 2.45) is 5.73 Å². The summed E-state index contributed by atoms with van der Waals surface area (Å²) in [6.45, 7) is 0. The summed E-state index contributed by atoms with van der Waals surface area (Å²) in [5.41, 5.74) is 5.73. The van der Waals surface area contributed by atoms with E-state index in [1.54, 1.807) is 22.3 Å². The molecule has 0 aliphatic rings. The van der Waals surface area contributed by atoms with E-state index in [0.29, 0.717) is 5.56 Å². The van der Waals surface area contributed by atoms with Crippen molar-refractivity contribution in [2.45, 2.75) is 0 Å².